The smallest absolute Gasteiger partial charge is 0.257 e. The number of aromatic nitrogens is 1. The average molecular weight is 500 g/mol. The Morgan fingerprint density at radius 3 is 2.57 bits per heavy atom. The number of aliphatic hydroxyl groups is 1. The number of nitrogens with one attached hydrogen (secondary N) is 1. The molecule has 1 fully saturated rings. The maximum atomic E-state index is 15.0. The molecule has 6 nitrogen and oxygen atoms in total. The number of rotatable bonds is 3. The van der Waals surface area contributed by atoms with E-state index >= 15 is 4.39 Å². The van der Waals surface area contributed by atoms with E-state index < -0.39 is 34.7 Å². The number of pyridine rings is 1. The van der Waals surface area contributed by atoms with Gasteiger partial charge in [-0.3, -0.25) is 9.78 Å². The quantitative estimate of drug-likeness (QED) is 0.567. The number of hydrogen-bond donors (Lipinski definition) is 2. The first-order chi connectivity index (χ1) is 16.8. The molecule has 3 unspecified atom stereocenters. The lowest BCUT2D eigenvalue weighted by Gasteiger charge is -2.49. The fourth-order valence-electron chi connectivity index (χ4n) is 4.43. The van der Waals surface area contributed by atoms with E-state index in [1.807, 2.05) is 0 Å². The highest BCUT2D eigenvalue weighted by molar-refractivity contribution is 8.13. The second kappa shape index (κ2) is 9.10. The molecule has 3 atom stereocenters. The summed E-state index contributed by atoms with van der Waals surface area (Å²) in [4.78, 5) is 21.4. The molecule has 1 saturated heterocycles. The van der Waals surface area contributed by atoms with Crippen LogP contribution in [0.1, 0.15) is 28.0 Å². The van der Waals surface area contributed by atoms with Gasteiger partial charge in [-0.1, -0.05) is 36.0 Å². The van der Waals surface area contributed by atoms with Gasteiger partial charge in [0, 0.05) is 35.3 Å². The number of fused-ring (bicyclic) bond motifs is 1. The molecule has 1 amide bonds. The molecule has 2 aromatic carbocycles. The van der Waals surface area contributed by atoms with E-state index in [0.29, 0.717) is 11.3 Å². The van der Waals surface area contributed by atoms with Crippen molar-refractivity contribution in [2.24, 2.45) is 10.9 Å². The fourth-order valence-corrected chi connectivity index (χ4v) is 5.57. The number of carbonyl (C=O) groups is 1. The van der Waals surface area contributed by atoms with Gasteiger partial charge in [-0.05, 0) is 30.3 Å². The van der Waals surface area contributed by atoms with Crippen molar-refractivity contribution in [1.29, 1.82) is 0 Å². The maximum absolute atomic E-state index is 15.0. The van der Waals surface area contributed by atoms with Crippen molar-refractivity contribution in [1.82, 2.24) is 10.3 Å². The molecule has 3 heterocycles. The van der Waals surface area contributed by atoms with Crippen LogP contribution < -0.4 is 5.32 Å². The molecule has 180 valence electrons. The van der Waals surface area contributed by atoms with Crippen LogP contribution in [0.25, 0.3) is 0 Å². The SMILES string of the molecule is O=C(NC1=NC2(c3ccc(F)cc3F)COC(O)(c3ccc(F)cn3)CC2CS1)c1ccccc1. The standard InChI is InChI=1S/C25H20F3N3O3S/c26-17-6-8-19(20(28)10-17)24-14-34-25(33,21-9-7-18(27)12-29-21)11-16(24)13-35-23(31-24)30-22(32)15-4-2-1-3-5-15/h1-10,12,16,33H,11,13-14H2,(H,30,31,32). The second-order valence-corrected chi connectivity index (χ2v) is 9.44. The topological polar surface area (TPSA) is 83.8 Å². The van der Waals surface area contributed by atoms with E-state index in [0.717, 1.165) is 24.4 Å². The van der Waals surface area contributed by atoms with Crippen LogP contribution in [0.2, 0.25) is 0 Å². The third kappa shape index (κ3) is 4.44. The van der Waals surface area contributed by atoms with Crippen LogP contribution in [0.15, 0.2) is 71.9 Å². The molecule has 35 heavy (non-hydrogen) atoms. The van der Waals surface area contributed by atoms with E-state index in [9.17, 15) is 18.7 Å². The summed E-state index contributed by atoms with van der Waals surface area (Å²) in [7, 11) is 0. The van der Waals surface area contributed by atoms with Crippen LogP contribution >= 0.6 is 11.8 Å². The van der Waals surface area contributed by atoms with Crippen molar-refractivity contribution in [2.45, 2.75) is 17.7 Å². The van der Waals surface area contributed by atoms with Crippen LogP contribution in [-0.4, -0.2) is 33.5 Å². The number of carbonyl (C=O) groups excluding carboxylic acids is 1. The molecule has 0 spiro atoms. The Kier molecular flexibility index (Phi) is 6.12. The molecule has 0 aliphatic carbocycles. The molecule has 5 rings (SSSR count). The van der Waals surface area contributed by atoms with E-state index in [1.54, 1.807) is 30.3 Å². The summed E-state index contributed by atoms with van der Waals surface area (Å²) < 4.78 is 47.9. The summed E-state index contributed by atoms with van der Waals surface area (Å²) in [6.45, 7) is -0.277. The lowest BCUT2D eigenvalue weighted by Crippen LogP contribution is -2.54. The van der Waals surface area contributed by atoms with Crippen molar-refractivity contribution in [3.63, 3.8) is 0 Å². The number of aliphatic imine (C=N–C) groups is 1. The van der Waals surface area contributed by atoms with Crippen molar-refractivity contribution in [3.8, 4) is 0 Å². The molecule has 2 aliphatic heterocycles. The Bertz CT molecular complexity index is 1290. The summed E-state index contributed by atoms with van der Waals surface area (Å²) in [6, 6.07) is 14.2. The van der Waals surface area contributed by atoms with E-state index in [2.05, 4.69) is 10.3 Å². The van der Waals surface area contributed by atoms with Crippen LogP contribution in [0, 0.1) is 23.4 Å². The van der Waals surface area contributed by atoms with E-state index in [4.69, 9.17) is 9.73 Å². The highest BCUT2D eigenvalue weighted by Crippen LogP contribution is 2.51. The molecular formula is C25H20F3N3O3S. The first kappa shape index (κ1) is 23.5. The van der Waals surface area contributed by atoms with Crippen LogP contribution in [0.4, 0.5) is 13.2 Å². The first-order valence-corrected chi connectivity index (χ1v) is 11.8. The zero-order chi connectivity index (χ0) is 24.6. The summed E-state index contributed by atoms with van der Waals surface area (Å²) >= 11 is 1.25. The molecule has 1 aromatic heterocycles. The molecule has 2 N–H and O–H groups in total. The monoisotopic (exact) mass is 499 g/mol. The van der Waals surface area contributed by atoms with Gasteiger partial charge in [-0.15, -0.1) is 0 Å². The van der Waals surface area contributed by atoms with Gasteiger partial charge in [0.05, 0.1) is 18.5 Å². The van der Waals surface area contributed by atoms with Crippen molar-refractivity contribution in [3.05, 3.63) is 101 Å². The largest absolute Gasteiger partial charge is 0.361 e. The van der Waals surface area contributed by atoms with E-state index in [-0.39, 0.29) is 35.4 Å². The third-order valence-corrected chi connectivity index (χ3v) is 7.27. The first-order valence-electron chi connectivity index (χ1n) is 10.8. The third-order valence-electron chi connectivity index (χ3n) is 6.23. The Hall–Kier alpha value is -3.21. The number of thioether (sulfide) groups is 1. The second-order valence-electron chi connectivity index (χ2n) is 8.43. The number of amides is 1. The summed E-state index contributed by atoms with van der Waals surface area (Å²) in [5.41, 5.74) is -0.709. The number of benzene rings is 2. The predicted octanol–water partition coefficient (Wildman–Crippen LogP) is 4.11. The zero-order valence-electron chi connectivity index (χ0n) is 18.2. The Labute approximate surface area is 203 Å². The maximum Gasteiger partial charge on any atom is 0.257 e. The summed E-state index contributed by atoms with van der Waals surface area (Å²) in [5, 5.41) is 14.2. The van der Waals surface area contributed by atoms with Gasteiger partial charge in [-0.25, -0.2) is 18.2 Å². The number of hydrogen-bond acceptors (Lipinski definition) is 6. The minimum Gasteiger partial charge on any atom is -0.361 e. The van der Waals surface area contributed by atoms with Gasteiger partial charge in [0.1, 0.15) is 23.0 Å². The molecule has 0 saturated carbocycles. The number of nitrogens with zero attached hydrogens (tertiary/aromatic N) is 2. The average Bonchev–Trinajstić information content (AvgIpc) is 2.85. The Morgan fingerprint density at radius 2 is 1.86 bits per heavy atom. The predicted molar refractivity (Wildman–Crippen MR) is 124 cm³/mol. The van der Waals surface area contributed by atoms with Gasteiger partial charge in [0.2, 0.25) is 5.79 Å². The molecule has 0 radical (unpaired) electrons. The van der Waals surface area contributed by atoms with Gasteiger partial charge >= 0.3 is 0 Å². The Balaban J connectivity index is 1.52. The number of amidine groups is 1. The van der Waals surface area contributed by atoms with Crippen LogP contribution in [0.3, 0.4) is 0 Å². The fraction of sp³-hybridized carbons (Fsp3) is 0.240. The lowest BCUT2D eigenvalue weighted by molar-refractivity contribution is -0.264. The lowest BCUT2D eigenvalue weighted by atomic mass is 9.73. The van der Waals surface area contributed by atoms with Gasteiger partial charge in [0.25, 0.3) is 5.91 Å². The normalized spacial score (nSPS) is 25.9. The van der Waals surface area contributed by atoms with Crippen LogP contribution in [-0.2, 0) is 16.1 Å². The molecule has 10 heteroatoms. The highest BCUT2D eigenvalue weighted by Gasteiger charge is 2.55. The van der Waals surface area contributed by atoms with Crippen LogP contribution in [0.5, 0.6) is 0 Å². The molecule has 2 aliphatic rings. The summed E-state index contributed by atoms with van der Waals surface area (Å²) in [6.07, 6.45) is 0.946. The number of ether oxygens (including phenoxy) is 1. The van der Waals surface area contributed by atoms with Gasteiger partial charge in [-0.2, -0.15) is 0 Å². The highest BCUT2D eigenvalue weighted by atomic mass is 32.2. The number of halogens is 3. The molecule has 3 aromatic rings. The van der Waals surface area contributed by atoms with Crippen molar-refractivity contribution < 1.29 is 27.8 Å². The minimum absolute atomic E-state index is 0.0289. The zero-order valence-corrected chi connectivity index (χ0v) is 19.1. The van der Waals surface area contributed by atoms with Gasteiger partial charge in [0.15, 0.2) is 5.17 Å². The Morgan fingerprint density at radius 1 is 1.09 bits per heavy atom. The summed E-state index contributed by atoms with van der Waals surface area (Å²) in [5.74, 6) is -4.48. The van der Waals surface area contributed by atoms with Crippen molar-refractivity contribution in [2.75, 3.05) is 12.4 Å². The molecular weight excluding hydrogens is 479 g/mol. The van der Waals surface area contributed by atoms with Gasteiger partial charge < -0.3 is 15.2 Å². The van der Waals surface area contributed by atoms with Crippen molar-refractivity contribution >= 4 is 22.8 Å². The molecule has 0 bridgehead atoms. The van der Waals surface area contributed by atoms with E-state index in [1.165, 1.54) is 23.9 Å². The minimum atomic E-state index is -1.85.